The standard InChI is InChI=1S/C17H22N4O2S/c1-19(2)16(23)17(21-8-3-7-18-21)5-9-20(10-6-17)15(22)12-14-4-11-24-13-14/h3-4,7-8,11,13H,5-6,9-10,12H2,1-2H3. The van der Waals surface area contributed by atoms with E-state index < -0.39 is 5.54 Å². The number of hydrogen-bond acceptors (Lipinski definition) is 4. The predicted octanol–water partition coefficient (Wildman–Crippen LogP) is 1.59. The molecular weight excluding hydrogens is 324 g/mol. The molecule has 0 bridgehead atoms. The summed E-state index contributed by atoms with van der Waals surface area (Å²) in [5, 5.41) is 8.30. The number of carbonyl (C=O) groups is 2. The molecule has 0 aromatic carbocycles. The highest BCUT2D eigenvalue weighted by Gasteiger charge is 2.45. The Balaban J connectivity index is 1.73. The molecule has 1 aliphatic rings. The molecule has 128 valence electrons. The number of piperidine rings is 1. The Morgan fingerprint density at radius 2 is 2.08 bits per heavy atom. The Hall–Kier alpha value is -2.15. The van der Waals surface area contributed by atoms with Gasteiger partial charge in [-0.1, -0.05) is 0 Å². The maximum atomic E-state index is 12.8. The lowest BCUT2D eigenvalue weighted by atomic mass is 9.86. The average molecular weight is 346 g/mol. The predicted molar refractivity (Wildman–Crippen MR) is 92.7 cm³/mol. The van der Waals surface area contributed by atoms with E-state index in [1.54, 1.807) is 41.2 Å². The average Bonchev–Trinajstić information content (AvgIpc) is 3.27. The van der Waals surface area contributed by atoms with Gasteiger partial charge in [0.15, 0.2) is 0 Å². The lowest BCUT2D eigenvalue weighted by Crippen LogP contribution is -2.56. The van der Waals surface area contributed by atoms with Gasteiger partial charge < -0.3 is 9.80 Å². The van der Waals surface area contributed by atoms with Crippen LogP contribution in [0.1, 0.15) is 18.4 Å². The molecule has 0 radical (unpaired) electrons. The molecule has 2 aromatic heterocycles. The topological polar surface area (TPSA) is 58.4 Å². The molecule has 0 aliphatic carbocycles. The van der Waals surface area contributed by atoms with Crippen LogP contribution in [0.25, 0.3) is 0 Å². The fraction of sp³-hybridized carbons (Fsp3) is 0.471. The van der Waals surface area contributed by atoms with E-state index in [9.17, 15) is 9.59 Å². The number of aromatic nitrogens is 2. The number of likely N-dealkylation sites (N-methyl/N-ethyl adjacent to an activating group) is 1. The summed E-state index contributed by atoms with van der Waals surface area (Å²) < 4.78 is 1.76. The van der Waals surface area contributed by atoms with Crippen LogP contribution in [0.2, 0.25) is 0 Å². The lowest BCUT2D eigenvalue weighted by molar-refractivity contribution is -0.145. The minimum Gasteiger partial charge on any atom is -0.347 e. The summed E-state index contributed by atoms with van der Waals surface area (Å²) in [6.45, 7) is 1.14. The van der Waals surface area contributed by atoms with Crippen LogP contribution >= 0.6 is 11.3 Å². The minimum absolute atomic E-state index is 0.0381. The summed E-state index contributed by atoms with van der Waals surface area (Å²) in [6.07, 6.45) is 5.13. The normalized spacial score (nSPS) is 16.8. The molecular formula is C17H22N4O2S. The van der Waals surface area contributed by atoms with Gasteiger partial charge in [0.2, 0.25) is 11.8 Å². The lowest BCUT2D eigenvalue weighted by Gasteiger charge is -2.42. The molecule has 2 amide bonds. The molecule has 24 heavy (non-hydrogen) atoms. The van der Waals surface area contributed by atoms with Crippen molar-refractivity contribution >= 4 is 23.2 Å². The number of rotatable bonds is 4. The Kier molecular flexibility index (Phi) is 4.71. The number of likely N-dealkylation sites (tertiary alicyclic amines) is 1. The van der Waals surface area contributed by atoms with Crippen molar-refractivity contribution in [3.8, 4) is 0 Å². The quantitative estimate of drug-likeness (QED) is 0.845. The number of carbonyl (C=O) groups excluding carboxylic acids is 2. The summed E-state index contributed by atoms with van der Waals surface area (Å²) >= 11 is 1.60. The molecule has 0 spiro atoms. The van der Waals surface area contributed by atoms with Gasteiger partial charge in [-0.2, -0.15) is 16.4 Å². The van der Waals surface area contributed by atoms with Gasteiger partial charge in [0.1, 0.15) is 5.54 Å². The number of nitrogens with zero attached hydrogens (tertiary/aromatic N) is 4. The van der Waals surface area contributed by atoms with Crippen LogP contribution < -0.4 is 0 Å². The molecule has 1 fully saturated rings. The summed E-state index contributed by atoms with van der Waals surface area (Å²) in [5.41, 5.74) is 0.366. The molecule has 2 aromatic rings. The molecule has 0 atom stereocenters. The molecule has 0 unspecified atom stereocenters. The summed E-state index contributed by atoms with van der Waals surface area (Å²) in [6, 6.07) is 3.81. The monoisotopic (exact) mass is 346 g/mol. The number of thiophene rings is 1. The van der Waals surface area contributed by atoms with E-state index in [2.05, 4.69) is 5.10 Å². The first kappa shape index (κ1) is 16.7. The second-order valence-electron chi connectivity index (χ2n) is 6.37. The first-order valence-corrected chi connectivity index (χ1v) is 8.98. The van der Waals surface area contributed by atoms with Crippen molar-refractivity contribution < 1.29 is 9.59 Å². The third-order valence-corrected chi connectivity index (χ3v) is 5.36. The van der Waals surface area contributed by atoms with Crippen LogP contribution in [0.15, 0.2) is 35.3 Å². The van der Waals surface area contributed by atoms with Crippen LogP contribution in [-0.2, 0) is 21.5 Å². The van der Waals surface area contributed by atoms with Crippen LogP contribution in [0.4, 0.5) is 0 Å². The molecule has 7 heteroatoms. The van der Waals surface area contributed by atoms with Crippen molar-refractivity contribution in [3.63, 3.8) is 0 Å². The molecule has 3 heterocycles. The third kappa shape index (κ3) is 3.08. The van der Waals surface area contributed by atoms with Crippen molar-refractivity contribution in [2.45, 2.75) is 24.8 Å². The van der Waals surface area contributed by atoms with E-state index in [1.807, 2.05) is 34.0 Å². The van der Waals surface area contributed by atoms with Crippen LogP contribution in [-0.4, -0.2) is 58.6 Å². The maximum absolute atomic E-state index is 12.8. The van der Waals surface area contributed by atoms with Gasteiger partial charge in [-0.25, -0.2) is 0 Å². The Bertz CT molecular complexity index is 686. The van der Waals surface area contributed by atoms with E-state index in [-0.39, 0.29) is 11.8 Å². The highest BCUT2D eigenvalue weighted by Crippen LogP contribution is 2.31. The highest BCUT2D eigenvalue weighted by molar-refractivity contribution is 7.08. The first-order chi connectivity index (χ1) is 11.5. The second-order valence-corrected chi connectivity index (χ2v) is 7.15. The van der Waals surface area contributed by atoms with Crippen LogP contribution in [0, 0.1) is 0 Å². The number of amides is 2. The molecule has 3 rings (SSSR count). The van der Waals surface area contributed by atoms with Crippen molar-refractivity contribution in [3.05, 3.63) is 40.8 Å². The molecule has 1 saturated heterocycles. The molecule has 0 N–H and O–H groups in total. The summed E-state index contributed by atoms with van der Waals surface area (Å²) in [7, 11) is 3.53. The van der Waals surface area contributed by atoms with E-state index in [1.165, 1.54) is 0 Å². The zero-order valence-corrected chi connectivity index (χ0v) is 14.8. The fourth-order valence-corrected chi connectivity index (χ4v) is 3.95. The first-order valence-electron chi connectivity index (χ1n) is 8.04. The van der Waals surface area contributed by atoms with Gasteiger partial charge in [0.25, 0.3) is 0 Å². The Morgan fingerprint density at radius 1 is 1.33 bits per heavy atom. The fourth-order valence-electron chi connectivity index (χ4n) is 3.28. The van der Waals surface area contributed by atoms with Crippen molar-refractivity contribution in [2.24, 2.45) is 0 Å². The van der Waals surface area contributed by atoms with E-state index in [0.29, 0.717) is 32.4 Å². The van der Waals surface area contributed by atoms with Gasteiger partial charge in [-0.05, 0) is 41.3 Å². The maximum Gasteiger partial charge on any atom is 0.250 e. The SMILES string of the molecule is CN(C)C(=O)C1(n2cccn2)CCN(C(=O)Cc2ccsc2)CC1. The van der Waals surface area contributed by atoms with E-state index in [4.69, 9.17) is 0 Å². The summed E-state index contributed by atoms with van der Waals surface area (Å²) in [4.78, 5) is 28.8. The van der Waals surface area contributed by atoms with Gasteiger partial charge in [0.05, 0.1) is 6.42 Å². The van der Waals surface area contributed by atoms with Crippen LogP contribution in [0.5, 0.6) is 0 Å². The second kappa shape index (κ2) is 6.76. The number of hydrogen-bond donors (Lipinski definition) is 0. The molecule has 6 nitrogen and oxygen atoms in total. The van der Waals surface area contributed by atoms with Crippen LogP contribution in [0.3, 0.4) is 0 Å². The Morgan fingerprint density at radius 3 is 2.62 bits per heavy atom. The minimum atomic E-state index is -0.688. The zero-order valence-electron chi connectivity index (χ0n) is 14.0. The summed E-state index contributed by atoms with van der Waals surface area (Å²) in [5.74, 6) is 0.163. The Labute approximate surface area is 145 Å². The largest absolute Gasteiger partial charge is 0.347 e. The van der Waals surface area contributed by atoms with Gasteiger partial charge in [-0.15, -0.1) is 0 Å². The molecule has 1 aliphatic heterocycles. The van der Waals surface area contributed by atoms with Gasteiger partial charge in [0, 0.05) is 39.6 Å². The van der Waals surface area contributed by atoms with E-state index >= 15 is 0 Å². The van der Waals surface area contributed by atoms with Crippen molar-refractivity contribution in [1.29, 1.82) is 0 Å². The molecule has 0 saturated carbocycles. The zero-order chi connectivity index (χ0) is 17.2. The van der Waals surface area contributed by atoms with E-state index in [0.717, 1.165) is 5.56 Å². The van der Waals surface area contributed by atoms with Gasteiger partial charge >= 0.3 is 0 Å². The highest BCUT2D eigenvalue weighted by atomic mass is 32.1. The van der Waals surface area contributed by atoms with Crippen molar-refractivity contribution in [2.75, 3.05) is 27.2 Å². The van der Waals surface area contributed by atoms with Gasteiger partial charge in [-0.3, -0.25) is 14.3 Å². The van der Waals surface area contributed by atoms with Crippen molar-refractivity contribution in [1.82, 2.24) is 19.6 Å². The smallest absolute Gasteiger partial charge is 0.250 e. The third-order valence-electron chi connectivity index (χ3n) is 4.63.